The molecule has 0 spiro atoms. The molecule has 0 aliphatic rings. The standard InChI is InChI=1S/C21H20ClNO.ClH/c22-21-12-5-4-10-19(21)16-24-20-11-6-9-18(13-20)15-23-14-17-7-2-1-3-8-17;/h1-13,23H,14-16H2;1H. The van der Waals surface area contributed by atoms with E-state index in [4.69, 9.17) is 16.3 Å². The lowest BCUT2D eigenvalue weighted by molar-refractivity contribution is 0.306. The van der Waals surface area contributed by atoms with Crippen molar-refractivity contribution in [1.82, 2.24) is 5.32 Å². The predicted molar refractivity (Wildman–Crippen MR) is 106 cm³/mol. The molecule has 25 heavy (non-hydrogen) atoms. The van der Waals surface area contributed by atoms with Crippen LogP contribution in [0.5, 0.6) is 5.75 Å². The van der Waals surface area contributed by atoms with Crippen molar-refractivity contribution in [2.24, 2.45) is 0 Å². The second kappa shape index (κ2) is 10.1. The molecule has 0 amide bonds. The Morgan fingerprint density at radius 2 is 1.44 bits per heavy atom. The monoisotopic (exact) mass is 373 g/mol. The number of nitrogens with one attached hydrogen (secondary N) is 1. The average Bonchev–Trinajstić information content (AvgIpc) is 2.62. The molecule has 3 aromatic carbocycles. The molecule has 2 nitrogen and oxygen atoms in total. The van der Waals surface area contributed by atoms with Gasteiger partial charge in [0.05, 0.1) is 0 Å². The minimum Gasteiger partial charge on any atom is -0.489 e. The zero-order chi connectivity index (χ0) is 16.6. The van der Waals surface area contributed by atoms with Crippen molar-refractivity contribution < 1.29 is 4.74 Å². The van der Waals surface area contributed by atoms with Crippen LogP contribution in [0.3, 0.4) is 0 Å². The summed E-state index contributed by atoms with van der Waals surface area (Å²) in [5.41, 5.74) is 3.47. The quantitative estimate of drug-likeness (QED) is 0.579. The number of rotatable bonds is 7. The van der Waals surface area contributed by atoms with Crippen LogP contribution in [0.4, 0.5) is 0 Å². The lowest BCUT2D eigenvalue weighted by atomic mass is 10.2. The van der Waals surface area contributed by atoms with E-state index in [1.807, 2.05) is 42.5 Å². The molecular weight excluding hydrogens is 353 g/mol. The van der Waals surface area contributed by atoms with Crippen LogP contribution in [-0.2, 0) is 19.7 Å². The summed E-state index contributed by atoms with van der Waals surface area (Å²) in [6, 6.07) is 26.3. The molecule has 0 radical (unpaired) electrons. The van der Waals surface area contributed by atoms with E-state index in [1.54, 1.807) is 0 Å². The predicted octanol–water partition coefficient (Wildman–Crippen LogP) is 5.63. The van der Waals surface area contributed by atoms with E-state index < -0.39 is 0 Å². The van der Waals surface area contributed by atoms with Crippen molar-refractivity contribution in [2.45, 2.75) is 19.7 Å². The zero-order valence-corrected chi connectivity index (χ0v) is 15.4. The fourth-order valence-corrected chi connectivity index (χ4v) is 2.66. The van der Waals surface area contributed by atoms with Crippen LogP contribution in [-0.4, -0.2) is 0 Å². The molecule has 3 aromatic rings. The molecule has 0 unspecified atom stereocenters. The molecule has 0 aliphatic carbocycles. The Hall–Kier alpha value is -2.00. The molecule has 0 aromatic heterocycles. The first-order chi connectivity index (χ1) is 11.8. The summed E-state index contributed by atoms with van der Waals surface area (Å²) in [5.74, 6) is 0.855. The summed E-state index contributed by atoms with van der Waals surface area (Å²) in [7, 11) is 0. The van der Waals surface area contributed by atoms with E-state index in [9.17, 15) is 0 Å². The lowest BCUT2D eigenvalue weighted by Gasteiger charge is -2.10. The Kier molecular flexibility index (Phi) is 7.80. The summed E-state index contributed by atoms with van der Waals surface area (Å²) >= 11 is 6.16. The number of halogens is 2. The summed E-state index contributed by atoms with van der Waals surface area (Å²) in [6.07, 6.45) is 0. The SMILES string of the molecule is Cl.Clc1ccccc1COc1cccc(CNCc2ccccc2)c1. The zero-order valence-electron chi connectivity index (χ0n) is 13.8. The Morgan fingerprint density at radius 3 is 2.24 bits per heavy atom. The van der Waals surface area contributed by atoms with Crippen molar-refractivity contribution in [3.63, 3.8) is 0 Å². The fourth-order valence-electron chi connectivity index (χ4n) is 2.47. The summed E-state index contributed by atoms with van der Waals surface area (Å²) in [4.78, 5) is 0. The van der Waals surface area contributed by atoms with Crippen LogP contribution in [0, 0.1) is 0 Å². The van der Waals surface area contributed by atoms with Gasteiger partial charge in [-0.15, -0.1) is 12.4 Å². The maximum atomic E-state index is 6.16. The van der Waals surface area contributed by atoms with Gasteiger partial charge in [0.2, 0.25) is 0 Å². The van der Waals surface area contributed by atoms with Crippen LogP contribution in [0.1, 0.15) is 16.7 Å². The third kappa shape index (κ3) is 6.09. The van der Waals surface area contributed by atoms with Crippen LogP contribution in [0.2, 0.25) is 5.02 Å². The van der Waals surface area contributed by atoms with Crippen molar-refractivity contribution in [3.05, 3.63) is 101 Å². The van der Waals surface area contributed by atoms with Gasteiger partial charge in [-0.1, -0.05) is 72.3 Å². The van der Waals surface area contributed by atoms with E-state index in [-0.39, 0.29) is 12.4 Å². The third-order valence-corrected chi connectivity index (χ3v) is 4.12. The van der Waals surface area contributed by atoms with Crippen molar-refractivity contribution in [2.75, 3.05) is 0 Å². The van der Waals surface area contributed by atoms with Gasteiger partial charge in [-0.2, -0.15) is 0 Å². The van der Waals surface area contributed by atoms with Gasteiger partial charge in [-0.05, 0) is 29.3 Å². The molecule has 0 saturated carbocycles. The van der Waals surface area contributed by atoms with Gasteiger partial charge in [0.25, 0.3) is 0 Å². The molecule has 4 heteroatoms. The smallest absolute Gasteiger partial charge is 0.120 e. The highest BCUT2D eigenvalue weighted by Gasteiger charge is 2.02. The first-order valence-corrected chi connectivity index (χ1v) is 8.39. The number of hydrogen-bond acceptors (Lipinski definition) is 2. The van der Waals surface area contributed by atoms with Crippen molar-refractivity contribution >= 4 is 24.0 Å². The van der Waals surface area contributed by atoms with Crippen molar-refractivity contribution in [1.29, 1.82) is 0 Å². The first kappa shape index (κ1) is 19.3. The Morgan fingerprint density at radius 1 is 0.760 bits per heavy atom. The summed E-state index contributed by atoms with van der Waals surface area (Å²) in [5, 5.41) is 4.19. The second-order valence-electron chi connectivity index (χ2n) is 5.62. The highest BCUT2D eigenvalue weighted by Crippen LogP contribution is 2.19. The Balaban J connectivity index is 0.00000225. The minimum atomic E-state index is 0. The third-order valence-electron chi connectivity index (χ3n) is 3.75. The van der Waals surface area contributed by atoms with Crippen LogP contribution >= 0.6 is 24.0 Å². The summed E-state index contributed by atoms with van der Waals surface area (Å²) in [6.45, 7) is 2.13. The molecule has 0 saturated heterocycles. The molecule has 0 fully saturated rings. The lowest BCUT2D eigenvalue weighted by Crippen LogP contribution is -2.12. The molecule has 0 heterocycles. The maximum absolute atomic E-state index is 6.16. The molecular formula is C21H21Cl2NO. The largest absolute Gasteiger partial charge is 0.489 e. The van der Waals surface area contributed by atoms with Gasteiger partial charge in [0.15, 0.2) is 0 Å². The average molecular weight is 374 g/mol. The van der Waals surface area contributed by atoms with Gasteiger partial charge in [0.1, 0.15) is 12.4 Å². The second-order valence-corrected chi connectivity index (χ2v) is 6.02. The summed E-state index contributed by atoms with van der Waals surface area (Å²) < 4.78 is 5.87. The van der Waals surface area contributed by atoms with E-state index in [0.717, 1.165) is 29.4 Å². The van der Waals surface area contributed by atoms with Crippen molar-refractivity contribution in [3.8, 4) is 5.75 Å². The van der Waals surface area contributed by atoms with Gasteiger partial charge >= 0.3 is 0 Å². The van der Waals surface area contributed by atoms with E-state index >= 15 is 0 Å². The Labute approximate surface area is 160 Å². The number of hydrogen-bond donors (Lipinski definition) is 1. The van der Waals surface area contributed by atoms with Gasteiger partial charge in [-0.25, -0.2) is 0 Å². The van der Waals surface area contributed by atoms with Gasteiger partial charge < -0.3 is 10.1 Å². The molecule has 3 rings (SSSR count). The molecule has 0 bridgehead atoms. The molecule has 0 aliphatic heterocycles. The number of ether oxygens (including phenoxy) is 1. The van der Waals surface area contributed by atoms with Gasteiger partial charge in [-0.3, -0.25) is 0 Å². The normalized spacial score (nSPS) is 10.1. The Bertz CT molecular complexity index is 778. The molecule has 130 valence electrons. The minimum absolute atomic E-state index is 0. The fraction of sp³-hybridized carbons (Fsp3) is 0.143. The van der Waals surface area contributed by atoms with Crippen LogP contribution in [0.25, 0.3) is 0 Å². The first-order valence-electron chi connectivity index (χ1n) is 8.01. The van der Waals surface area contributed by atoms with E-state index in [1.165, 1.54) is 11.1 Å². The van der Waals surface area contributed by atoms with Gasteiger partial charge in [0, 0.05) is 23.7 Å². The highest BCUT2D eigenvalue weighted by molar-refractivity contribution is 6.31. The highest BCUT2D eigenvalue weighted by atomic mass is 35.5. The van der Waals surface area contributed by atoms with E-state index in [0.29, 0.717) is 6.61 Å². The van der Waals surface area contributed by atoms with Crippen LogP contribution in [0.15, 0.2) is 78.9 Å². The molecule has 1 N–H and O–H groups in total. The number of benzene rings is 3. The molecule has 0 atom stereocenters. The topological polar surface area (TPSA) is 21.3 Å². The van der Waals surface area contributed by atoms with E-state index in [2.05, 4.69) is 41.7 Å². The maximum Gasteiger partial charge on any atom is 0.120 e. The van der Waals surface area contributed by atoms with Crippen LogP contribution < -0.4 is 10.1 Å².